The van der Waals surface area contributed by atoms with Crippen molar-refractivity contribution in [2.45, 2.75) is 26.2 Å². The topological polar surface area (TPSA) is 113 Å². The minimum atomic E-state index is -0.590. The summed E-state index contributed by atoms with van der Waals surface area (Å²) in [5.74, 6) is -0.855. The molecule has 174 valence electrons. The first-order chi connectivity index (χ1) is 16.3. The van der Waals surface area contributed by atoms with Gasteiger partial charge in [-0.25, -0.2) is 5.43 Å². The Balaban J connectivity index is 1.49. The number of fused-ring (bicyclic) bond motifs is 1. The van der Waals surface area contributed by atoms with Gasteiger partial charge in [0.1, 0.15) is 5.76 Å². The fraction of sp³-hybridized carbons (Fsp3) is 0.167. The maximum atomic E-state index is 12.7. The Labute approximate surface area is 205 Å². The van der Waals surface area contributed by atoms with Gasteiger partial charge in [-0.2, -0.15) is 5.10 Å². The van der Waals surface area contributed by atoms with Crippen molar-refractivity contribution in [2.75, 3.05) is 0 Å². The number of aryl methyl sites for hydroxylation is 1. The lowest BCUT2D eigenvalue weighted by Crippen LogP contribution is -2.41. The smallest absolute Gasteiger partial charge is 0.305 e. The molecule has 3 amide bonds. The van der Waals surface area contributed by atoms with Crippen molar-refractivity contribution in [1.29, 1.82) is 0 Å². The number of hydrogen-bond acceptors (Lipinski definition) is 5. The summed E-state index contributed by atoms with van der Waals surface area (Å²) in [5.41, 5.74) is 9.75. The molecule has 0 aliphatic heterocycles. The first kappa shape index (κ1) is 23.5. The average Bonchev–Trinajstić information content (AvgIpc) is 3.18. The average molecular weight is 499 g/mol. The van der Waals surface area contributed by atoms with Crippen LogP contribution in [0.15, 0.2) is 58.0 Å². The van der Waals surface area contributed by atoms with Crippen LogP contribution in [0.1, 0.15) is 61.0 Å². The number of hydrazone groups is 1. The monoisotopic (exact) mass is 498 g/mol. The van der Waals surface area contributed by atoms with E-state index in [1.165, 1.54) is 12.1 Å². The molecule has 3 aromatic rings. The van der Waals surface area contributed by atoms with Crippen molar-refractivity contribution in [3.63, 3.8) is 0 Å². The van der Waals surface area contributed by atoms with Crippen LogP contribution in [0.3, 0.4) is 0 Å². The molecular formula is C24H20Cl2N4O4. The molecule has 1 aromatic heterocycles. The molecule has 4 rings (SSSR count). The summed E-state index contributed by atoms with van der Waals surface area (Å²) < 4.78 is 5.80. The fourth-order valence-electron chi connectivity index (χ4n) is 3.68. The Morgan fingerprint density at radius 3 is 2.41 bits per heavy atom. The summed E-state index contributed by atoms with van der Waals surface area (Å²) in [6.45, 7) is 1.73. The van der Waals surface area contributed by atoms with E-state index in [1.54, 1.807) is 43.3 Å². The molecule has 0 bridgehead atoms. The number of rotatable bonds is 4. The highest BCUT2D eigenvalue weighted by Crippen LogP contribution is 2.30. The number of benzene rings is 2. The largest absolute Gasteiger partial charge is 0.455 e. The highest BCUT2D eigenvalue weighted by Gasteiger charge is 2.28. The van der Waals surface area contributed by atoms with Crippen molar-refractivity contribution in [3.8, 4) is 0 Å². The Kier molecular flexibility index (Phi) is 7.00. The number of nitrogens with zero attached hydrogens (tertiary/aromatic N) is 1. The van der Waals surface area contributed by atoms with E-state index in [1.807, 2.05) is 0 Å². The van der Waals surface area contributed by atoms with Gasteiger partial charge in [0.15, 0.2) is 5.76 Å². The summed E-state index contributed by atoms with van der Waals surface area (Å²) in [6.07, 6.45) is 1.95. The number of carbonyl (C=O) groups excluding carboxylic acids is 3. The second-order valence-electron chi connectivity index (χ2n) is 7.61. The molecular weight excluding hydrogens is 479 g/mol. The first-order valence-electron chi connectivity index (χ1n) is 10.5. The number of carbonyl (C=O) groups is 3. The van der Waals surface area contributed by atoms with Gasteiger partial charge in [-0.1, -0.05) is 41.4 Å². The second kappa shape index (κ2) is 10.1. The Morgan fingerprint density at radius 2 is 1.68 bits per heavy atom. The Hall–Kier alpha value is -3.62. The number of nitrogens with one attached hydrogen (secondary N) is 3. The predicted octanol–water partition coefficient (Wildman–Crippen LogP) is 4.44. The van der Waals surface area contributed by atoms with E-state index >= 15 is 0 Å². The Bertz CT molecular complexity index is 1300. The van der Waals surface area contributed by atoms with Crippen LogP contribution in [0.2, 0.25) is 10.0 Å². The number of furan rings is 1. The van der Waals surface area contributed by atoms with Crippen molar-refractivity contribution in [2.24, 2.45) is 5.10 Å². The zero-order chi connectivity index (χ0) is 24.2. The summed E-state index contributed by atoms with van der Waals surface area (Å²) in [7, 11) is 0. The third-order valence-electron chi connectivity index (χ3n) is 5.33. The molecule has 0 spiro atoms. The summed E-state index contributed by atoms with van der Waals surface area (Å²) in [5, 5.41) is 4.91. The van der Waals surface area contributed by atoms with Crippen molar-refractivity contribution in [1.82, 2.24) is 16.3 Å². The normalized spacial score (nSPS) is 13.8. The van der Waals surface area contributed by atoms with E-state index in [0.717, 1.165) is 6.42 Å². The SMILES string of the molecule is Cc1c(C(=O)NNC(=O)c2ccccc2)oc2c1/C(=N/NC(=O)c1ccc(Cl)cc1Cl)CCC2. The van der Waals surface area contributed by atoms with Gasteiger partial charge in [0.05, 0.1) is 16.3 Å². The molecule has 8 nitrogen and oxygen atoms in total. The van der Waals surface area contributed by atoms with Gasteiger partial charge < -0.3 is 4.42 Å². The van der Waals surface area contributed by atoms with Gasteiger partial charge >= 0.3 is 5.91 Å². The molecule has 0 saturated carbocycles. The van der Waals surface area contributed by atoms with Crippen LogP contribution in [0.4, 0.5) is 0 Å². The molecule has 10 heteroatoms. The minimum absolute atomic E-state index is 0.0695. The van der Waals surface area contributed by atoms with E-state index < -0.39 is 17.7 Å². The van der Waals surface area contributed by atoms with E-state index in [-0.39, 0.29) is 16.3 Å². The minimum Gasteiger partial charge on any atom is -0.455 e. The molecule has 0 atom stereocenters. The lowest BCUT2D eigenvalue weighted by molar-refractivity contribution is 0.0829. The molecule has 0 saturated heterocycles. The molecule has 2 aromatic carbocycles. The van der Waals surface area contributed by atoms with Gasteiger partial charge in [-0.15, -0.1) is 0 Å². The van der Waals surface area contributed by atoms with Crippen molar-refractivity contribution >= 4 is 46.6 Å². The standard InChI is InChI=1S/C24H20Cl2N4O4/c1-13-20-18(27-29-23(32)16-11-10-15(25)12-17(16)26)8-5-9-19(20)34-21(13)24(33)30-28-22(31)14-6-3-2-4-7-14/h2-4,6-7,10-12H,5,8-9H2,1H3,(H,28,31)(H,29,32)(H,30,33)/b27-18+. The second-order valence-corrected chi connectivity index (χ2v) is 8.45. The fourth-order valence-corrected chi connectivity index (χ4v) is 4.18. The molecule has 34 heavy (non-hydrogen) atoms. The zero-order valence-electron chi connectivity index (χ0n) is 18.1. The molecule has 1 aliphatic carbocycles. The Morgan fingerprint density at radius 1 is 0.941 bits per heavy atom. The summed E-state index contributed by atoms with van der Waals surface area (Å²) in [6, 6.07) is 13.1. The van der Waals surface area contributed by atoms with Crippen LogP contribution in [-0.4, -0.2) is 23.4 Å². The van der Waals surface area contributed by atoms with Crippen molar-refractivity contribution in [3.05, 3.63) is 92.4 Å². The van der Waals surface area contributed by atoms with E-state index in [4.69, 9.17) is 27.6 Å². The van der Waals surface area contributed by atoms with Crippen LogP contribution in [0.25, 0.3) is 0 Å². The molecule has 1 aliphatic rings. The van der Waals surface area contributed by atoms with Crippen molar-refractivity contribution < 1.29 is 18.8 Å². The first-order valence-corrected chi connectivity index (χ1v) is 11.2. The van der Waals surface area contributed by atoms with Crippen LogP contribution in [-0.2, 0) is 6.42 Å². The third-order valence-corrected chi connectivity index (χ3v) is 5.87. The third kappa shape index (κ3) is 4.98. The molecule has 3 N–H and O–H groups in total. The molecule has 0 unspecified atom stereocenters. The number of halogens is 2. The van der Waals surface area contributed by atoms with E-state index in [9.17, 15) is 14.4 Å². The van der Waals surface area contributed by atoms with Crippen LogP contribution in [0, 0.1) is 6.92 Å². The molecule has 0 fully saturated rings. The maximum Gasteiger partial charge on any atom is 0.305 e. The number of amides is 3. The van der Waals surface area contributed by atoms with Gasteiger partial charge in [0.2, 0.25) is 0 Å². The van der Waals surface area contributed by atoms with Gasteiger partial charge in [0, 0.05) is 28.1 Å². The summed E-state index contributed by atoms with van der Waals surface area (Å²) in [4.78, 5) is 37.4. The highest BCUT2D eigenvalue weighted by molar-refractivity contribution is 6.36. The van der Waals surface area contributed by atoms with Crippen LogP contribution < -0.4 is 16.3 Å². The lowest BCUT2D eigenvalue weighted by atomic mass is 9.93. The van der Waals surface area contributed by atoms with Crippen LogP contribution in [0.5, 0.6) is 0 Å². The molecule has 0 radical (unpaired) electrons. The van der Waals surface area contributed by atoms with E-state index in [0.29, 0.717) is 46.0 Å². The number of hydrazine groups is 1. The zero-order valence-corrected chi connectivity index (χ0v) is 19.6. The van der Waals surface area contributed by atoms with Gasteiger partial charge in [-0.3, -0.25) is 25.2 Å². The summed E-state index contributed by atoms with van der Waals surface area (Å²) >= 11 is 12.0. The lowest BCUT2D eigenvalue weighted by Gasteiger charge is -2.13. The van der Waals surface area contributed by atoms with E-state index in [2.05, 4.69) is 21.4 Å². The molecule has 1 heterocycles. The highest BCUT2D eigenvalue weighted by atomic mass is 35.5. The van der Waals surface area contributed by atoms with Crippen LogP contribution >= 0.6 is 23.2 Å². The quantitative estimate of drug-likeness (QED) is 0.461. The predicted molar refractivity (Wildman–Crippen MR) is 128 cm³/mol. The van der Waals surface area contributed by atoms with Gasteiger partial charge in [-0.05, 0) is 50.1 Å². The maximum absolute atomic E-state index is 12.7. The van der Waals surface area contributed by atoms with Gasteiger partial charge in [0.25, 0.3) is 11.8 Å². The number of hydrogen-bond donors (Lipinski definition) is 3.